The monoisotopic (exact) mass is 263 g/mol. The third kappa shape index (κ3) is 2.65. The molecular weight excluding hydrogens is 250 g/mol. The predicted octanol–water partition coefficient (Wildman–Crippen LogP) is 2.62. The number of anilines is 1. The lowest BCUT2D eigenvalue weighted by atomic mass is 10.2. The zero-order chi connectivity index (χ0) is 13.1. The van der Waals surface area contributed by atoms with Crippen LogP contribution in [-0.4, -0.2) is 21.0 Å². The Hall–Kier alpha value is -1.95. The summed E-state index contributed by atoms with van der Waals surface area (Å²) in [4.78, 5) is 20.0. The number of carbonyl (C=O) groups excluding carboxylic acids is 1. The van der Waals surface area contributed by atoms with E-state index in [1.54, 1.807) is 6.07 Å². The number of pyridine rings is 1. The van der Waals surface area contributed by atoms with E-state index in [9.17, 15) is 9.90 Å². The molecule has 6 heteroatoms. The number of rotatable bonds is 3. The molecule has 0 saturated heterocycles. The molecule has 2 aromatic heterocycles. The minimum atomic E-state index is -0.460. The van der Waals surface area contributed by atoms with Crippen molar-refractivity contribution in [3.8, 4) is 5.75 Å². The first kappa shape index (κ1) is 12.5. The van der Waals surface area contributed by atoms with Crippen molar-refractivity contribution in [1.29, 1.82) is 0 Å². The first-order valence-electron chi connectivity index (χ1n) is 5.48. The van der Waals surface area contributed by atoms with Gasteiger partial charge in [0.2, 0.25) is 0 Å². The summed E-state index contributed by atoms with van der Waals surface area (Å²) in [6.07, 6.45) is 1.45. The van der Waals surface area contributed by atoms with E-state index >= 15 is 0 Å². The third-order valence-electron chi connectivity index (χ3n) is 2.34. The highest BCUT2D eigenvalue weighted by Gasteiger charge is 2.14. The van der Waals surface area contributed by atoms with Gasteiger partial charge in [-0.2, -0.15) is 0 Å². The Morgan fingerprint density at radius 1 is 1.50 bits per heavy atom. The SMILES string of the molecule is CC(C)c1csc(NC(=O)c2ncccc2O)n1. The molecule has 0 spiro atoms. The number of nitrogens with one attached hydrogen (secondary N) is 1. The molecule has 0 aliphatic heterocycles. The second kappa shape index (κ2) is 5.14. The predicted molar refractivity (Wildman–Crippen MR) is 70.1 cm³/mol. The summed E-state index contributed by atoms with van der Waals surface area (Å²) >= 11 is 1.35. The van der Waals surface area contributed by atoms with Crippen LogP contribution in [0, 0.1) is 0 Å². The second-order valence-corrected chi connectivity index (χ2v) is 4.92. The fourth-order valence-corrected chi connectivity index (χ4v) is 2.20. The summed E-state index contributed by atoms with van der Waals surface area (Å²) < 4.78 is 0. The first-order chi connectivity index (χ1) is 8.58. The van der Waals surface area contributed by atoms with Gasteiger partial charge >= 0.3 is 0 Å². The molecule has 0 saturated carbocycles. The van der Waals surface area contributed by atoms with Crippen LogP contribution in [0.3, 0.4) is 0 Å². The molecule has 0 aliphatic carbocycles. The summed E-state index contributed by atoms with van der Waals surface area (Å²) in [5, 5.41) is 14.5. The van der Waals surface area contributed by atoms with E-state index in [4.69, 9.17) is 0 Å². The van der Waals surface area contributed by atoms with Crippen molar-refractivity contribution < 1.29 is 9.90 Å². The first-order valence-corrected chi connectivity index (χ1v) is 6.36. The Morgan fingerprint density at radius 3 is 2.89 bits per heavy atom. The van der Waals surface area contributed by atoms with Crippen molar-refractivity contribution in [2.24, 2.45) is 0 Å². The van der Waals surface area contributed by atoms with Gasteiger partial charge < -0.3 is 5.11 Å². The minimum Gasteiger partial charge on any atom is -0.505 e. The van der Waals surface area contributed by atoms with E-state index in [1.807, 2.05) is 19.2 Å². The summed E-state index contributed by atoms with van der Waals surface area (Å²) in [6, 6.07) is 2.98. The molecule has 94 valence electrons. The van der Waals surface area contributed by atoms with Gasteiger partial charge in [-0.25, -0.2) is 9.97 Å². The van der Waals surface area contributed by atoms with Crippen molar-refractivity contribution >= 4 is 22.4 Å². The zero-order valence-corrected chi connectivity index (χ0v) is 10.9. The van der Waals surface area contributed by atoms with Gasteiger partial charge in [0.1, 0.15) is 5.75 Å². The standard InChI is InChI=1S/C12H13N3O2S/c1-7(2)8-6-18-12(14-8)15-11(17)10-9(16)4-3-5-13-10/h3-7,16H,1-2H3,(H,14,15,17). The van der Waals surface area contributed by atoms with E-state index in [0.717, 1.165) is 5.69 Å². The highest BCUT2D eigenvalue weighted by molar-refractivity contribution is 7.14. The van der Waals surface area contributed by atoms with Crippen LogP contribution in [0.4, 0.5) is 5.13 Å². The number of nitrogens with zero attached hydrogens (tertiary/aromatic N) is 2. The Bertz CT molecular complexity index is 566. The van der Waals surface area contributed by atoms with Crippen LogP contribution in [0.25, 0.3) is 0 Å². The van der Waals surface area contributed by atoms with E-state index < -0.39 is 5.91 Å². The van der Waals surface area contributed by atoms with Gasteiger partial charge in [-0.05, 0) is 18.1 Å². The molecule has 2 aromatic rings. The van der Waals surface area contributed by atoms with Crippen molar-refractivity contribution in [2.45, 2.75) is 19.8 Å². The van der Waals surface area contributed by atoms with Crippen LogP contribution >= 0.6 is 11.3 Å². The summed E-state index contributed by atoms with van der Waals surface area (Å²) in [6.45, 7) is 4.07. The lowest BCUT2D eigenvalue weighted by Gasteiger charge is -2.02. The Kier molecular flexibility index (Phi) is 3.57. The lowest BCUT2D eigenvalue weighted by Crippen LogP contribution is -2.13. The quantitative estimate of drug-likeness (QED) is 0.892. The van der Waals surface area contributed by atoms with E-state index in [-0.39, 0.29) is 11.4 Å². The number of aromatic hydroxyl groups is 1. The number of hydrogen-bond acceptors (Lipinski definition) is 5. The Labute approximate surface area is 109 Å². The maximum absolute atomic E-state index is 11.8. The summed E-state index contributed by atoms with van der Waals surface area (Å²) in [7, 11) is 0. The smallest absolute Gasteiger partial charge is 0.279 e. The van der Waals surface area contributed by atoms with Gasteiger partial charge in [0.05, 0.1) is 5.69 Å². The van der Waals surface area contributed by atoms with Crippen molar-refractivity contribution in [3.05, 3.63) is 35.1 Å². The maximum atomic E-state index is 11.8. The number of thiazole rings is 1. The maximum Gasteiger partial charge on any atom is 0.279 e. The molecule has 0 aliphatic rings. The number of aromatic nitrogens is 2. The Balaban J connectivity index is 2.14. The molecule has 2 heterocycles. The fourth-order valence-electron chi connectivity index (χ4n) is 1.34. The number of hydrogen-bond donors (Lipinski definition) is 2. The zero-order valence-electron chi connectivity index (χ0n) is 10.0. The molecule has 0 unspecified atom stereocenters. The summed E-state index contributed by atoms with van der Waals surface area (Å²) in [5.74, 6) is -0.288. The lowest BCUT2D eigenvalue weighted by molar-refractivity contribution is 0.101. The number of amides is 1. The van der Waals surface area contributed by atoms with Gasteiger partial charge in [-0.3, -0.25) is 10.1 Å². The van der Waals surface area contributed by atoms with E-state index in [0.29, 0.717) is 11.0 Å². The van der Waals surface area contributed by atoms with Gasteiger partial charge in [-0.15, -0.1) is 11.3 Å². The highest BCUT2D eigenvalue weighted by Crippen LogP contribution is 2.22. The number of carbonyl (C=O) groups is 1. The Morgan fingerprint density at radius 2 is 2.28 bits per heavy atom. The minimum absolute atomic E-state index is 0.00111. The molecule has 0 fully saturated rings. The second-order valence-electron chi connectivity index (χ2n) is 4.06. The van der Waals surface area contributed by atoms with Crippen LogP contribution in [0.1, 0.15) is 35.9 Å². The molecule has 1 amide bonds. The van der Waals surface area contributed by atoms with Crippen LogP contribution < -0.4 is 5.32 Å². The molecule has 5 nitrogen and oxygen atoms in total. The molecule has 18 heavy (non-hydrogen) atoms. The highest BCUT2D eigenvalue weighted by atomic mass is 32.1. The van der Waals surface area contributed by atoms with Gasteiger partial charge in [0.15, 0.2) is 10.8 Å². The van der Waals surface area contributed by atoms with E-state index in [1.165, 1.54) is 23.6 Å². The fraction of sp³-hybridized carbons (Fsp3) is 0.250. The largest absolute Gasteiger partial charge is 0.505 e. The molecule has 0 atom stereocenters. The summed E-state index contributed by atoms with van der Waals surface area (Å²) in [5.41, 5.74) is 0.930. The van der Waals surface area contributed by atoms with Crippen molar-refractivity contribution in [1.82, 2.24) is 9.97 Å². The average Bonchev–Trinajstić information content (AvgIpc) is 2.78. The van der Waals surface area contributed by atoms with Crippen molar-refractivity contribution in [3.63, 3.8) is 0 Å². The normalized spacial score (nSPS) is 10.6. The van der Waals surface area contributed by atoms with E-state index in [2.05, 4.69) is 15.3 Å². The molecular formula is C12H13N3O2S. The van der Waals surface area contributed by atoms with Crippen LogP contribution in [0.2, 0.25) is 0 Å². The molecule has 2 rings (SSSR count). The molecule has 0 radical (unpaired) electrons. The van der Waals surface area contributed by atoms with Gasteiger partial charge in [0.25, 0.3) is 5.91 Å². The molecule has 0 aromatic carbocycles. The molecule has 2 N–H and O–H groups in total. The van der Waals surface area contributed by atoms with Gasteiger partial charge in [-0.1, -0.05) is 13.8 Å². The van der Waals surface area contributed by atoms with Crippen LogP contribution in [0.15, 0.2) is 23.7 Å². The van der Waals surface area contributed by atoms with Gasteiger partial charge in [0, 0.05) is 11.6 Å². The van der Waals surface area contributed by atoms with Crippen molar-refractivity contribution in [2.75, 3.05) is 5.32 Å². The topological polar surface area (TPSA) is 75.1 Å². The van der Waals surface area contributed by atoms with Crippen LogP contribution in [0.5, 0.6) is 5.75 Å². The van der Waals surface area contributed by atoms with Crippen LogP contribution in [-0.2, 0) is 0 Å². The third-order valence-corrected chi connectivity index (χ3v) is 3.11. The molecule has 0 bridgehead atoms. The average molecular weight is 263 g/mol.